The van der Waals surface area contributed by atoms with Crippen molar-refractivity contribution in [2.24, 2.45) is 11.1 Å². The Morgan fingerprint density at radius 3 is 2.50 bits per heavy atom. The molecule has 1 aliphatic heterocycles. The summed E-state index contributed by atoms with van der Waals surface area (Å²) < 4.78 is 0. The Morgan fingerprint density at radius 1 is 1.25 bits per heavy atom. The lowest BCUT2D eigenvalue weighted by Crippen LogP contribution is -2.44. The highest BCUT2D eigenvalue weighted by atomic mass is 16.2. The van der Waals surface area contributed by atoms with E-state index < -0.39 is 0 Å². The van der Waals surface area contributed by atoms with Crippen molar-refractivity contribution in [2.45, 2.75) is 39.0 Å². The molecule has 1 aromatic rings. The Bertz CT molecular complexity index is 422. The molecule has 0 unspecified atom stereocenters. The van der Waals surface area contributed by atoms with Crippen LogP contribution in [0.1, 0.15) is 38.2 Å². The zero-order valence-electron chi connectivity index (χ0n) is 12.5. The lowest BCUT2D eigenvalue weighted by Gasteiger charge is -2.38. The van der Waals surface area contributed by atoms with Gasteiger partial charge in [-0.3, -0.25) is 4.79 Å². The van der Waals surface area contributed by atoms with Gasteiger partial charge in [0.15, 0.2) is 0 Å². The summed E-state index contributed by atoms with van der Waals surface area (Å²) in [7, 11) is 0. The maximum absolute atomic E-state index is 12.2. The third kappa shape index (κ3) is 4.07. The molecule has 1 aliphatic rings. The molecule has 0 bridgehead atoms. The zero-order valence-corrected chi connectivity index (χ0v) is 12.5. The number of piperidine rings is 1. The first-order valence-corrected chi connectivity index (χ1v) is 7.65. The molecule has 0 spiro atoms. The maximum atomic E-state index is 12.2. The van der Waals surface area contributed by atoms with E-state index in [1.54, 1.807) is 0 Å². The molecule has 1 aromatic carbocycles. The summed E-state index contributed by atoms with van der Waals surface area (Å²) in [6.07, 6.45) is 4.66. The smallest absolute Gasteiger partial charge is 0.222 e. The molecule has 0 aromatic heterocycles. The van der Waals surface area contributed by atoms with Crippen LogP contribution in [0, 0.1) is 5.41 Å². The first-order chi connectivity index (χ1) is 9.63. The van der Waals surface area contributed by atoms with Crippen LogP contribution in [0.4, 0.5) is 0 Å². The van der Waals surface area contributed by atoms with Gasteiger partial charge in [0.1, 0.15) is 0 Å². The fraction of sp³-hybridized carbons (Fsp3) is 0.588. The summed E-state index contributed by atoms with van der Waals surface area (Å²) in [6, 6.07) is 10.4. The minimum atomic E-state index is 0.237. The van der Waals surface area contributed by atoms with Crippen molar-refractivity contribution in [1.29, 1.82) is 0 Å². The fourth-order valence-electron chi connectivity index (χ4n) is 2.75. The van der Waals surface area contributed by atoms with Crippen LogP contribution in [-0.4, -0.2) is 30.4 Å². The van der Waals surface area contributed by atoms with Crippen LogP contribution >= 0.6 is 0 Å². The van der Waals surface area contributed by atoms with Crippen LogP contribution in [0.3, 0.4) is 0 Å². The molecule has 2 N–H and O–H groups in total. The third-order valence-corrected chi connectivity index (χ3v) is 4.51. The molecule has 110 valence electrons. The van der Waals surface area contributed by atoms with Gasteiger partial charge in [0.05, 0.1) is 0 Å². The quantitative estimate of drug-likeness (QED) is 0.897. The van der Waals surface area contributed by atoms with Crippen molar-refractivity contribution in [3.63, 3.8) is 0 Å². The van der Waals surface area contributed by atoms with E-state index in [1.807, 2.05) is 11.0 Å². The summed E-state index contributed by atoms with van der Waals surface area (Å²) in [6.45, 7) is 4.70. The highest BCUT2D eigenvalue weighted by Gasteiger charge is 2.30. The van der Waals surface area contributed by atoms with Gasteiger partial charge in [-0.05, 0) is 43.2 Å². The van der Waals surface area contributed by atoms with Crippen molar-refractivity contribution in [3.05, 3.63) is 35.9 Å². The number of carbonyl (C=O) groups is 1. The van der Waals surface area contributed by atoms with E-state index in [2.05, 4.69) is 31.2 Å². The van der Waals surface area contributed by atoms with Gasteiger partial charge in [-0.2, -0.15) is 0 Å². The van der Waals surface area contributed by atoms with Gasteiger partial charge in [-0.25, -0.2) is 0 Å². The molecular weight excluding hydrogens is 248 g/mol. The van der Waals surface area contributed by atoms with Gasteiger partial charge in [-0.15, -0.1) is 0 Å². The summed E-state index contributed by atoms with van der Waals surface area (Å²) >= 11 is 0. The summed E-state index contributed by atoms with van der Waals surface area (Å²) in [5.74, 6) is 0.306. The average molecular weight is 274 g/mol. The van der Waals surface area contributed by atoms with Crippen molar-refractivity contribution in [1.82, 2.24) is 4.90 Å². The third-order valence-electron chi connectivity index (χ3n) is 4.51. The number of hydrogen-bond acceptors (Lipinski definition) is 2. The van der Waals surface area contributed by atoms with E-state index in [1.165, 1.54) is 5.56 Å². The van der Waals surface area contributed by atoms with Crippen LogP contribution in [0.25, 0.3) is 0 Å². The van der Waals surface area contributed by atoms with Gasteiger partial charge >= 0.3 is 0 Å². The normalized spacial score (nSPS) is 18.0. The van der Waals surface area contributed by atoms with Crippen LogP contribution < -0.4 is 5.73 Å². The number of hydrogen-bond donors (Lipinski definition) is 1. The molecular formula is C17H26N2O. The zero-order chi connectivity index (χ0) is 14.4. The number of nitrogens with zero attached hydrogens (tertiary/aromatic N) is 1. The molecule has 3 nitrogen and oxygen atoms in total. The van der Waals surface area contributed by atoms with E-state index in [0.717, 1.165) is 45.3 Å². The van der Waals surface area contributed by atoms with Gasteiger partial charge in [0.25, 0.3) is 0 Å². The second-order valence-electron chi connectivity index (χ2n) is 6.23. The molecule has 2 rings (SSSR count). The van der Waals surface area contributed by atoms with Gasteiger partial charge in [0.2, 0.25) is 5.91 Å². The minimum absolute atomic E-state index is 0.237. The van der Waals surface area contributed by atoms with Gasteiger partial charge in [-0.1, -0.05) is 37.3 Å². The molecule has 20 heavy (non-hydrogen) atoms. The maximum Gasteiger partial charge on any atom is 0.222 e. The topological polar surface area (TPSA) is 46.3 Å². The van der Waals surface area contributed by atoms with E-state index >= 15 is 0 Å². The van der Waals surface area contributed by atoms with Gasteiger partial charge in [0, 0.05) is 19.5 Å². The van der Waals surface area contributed by atoms with Crippen LogP contribution in [0.15, 0.2) is 30.3 Å². The van der Waals surface area contributed by atoms with Crippen molar-refractivity contribution in [3.8, 4) is 0 Å². The lowest BCUT2D eigenvalue weighted by atomic mass is 9.80. The SMILES string of the molecule is CC1(CN)CCN(C(=O)CCCc2ccccc2)CC1. The minimum Gasteiger partial charge on any atom is -0.343 e. The van der Waals surface area contributed by atoms with Crippen LogP contribution in [0.2, 0.25) is 0 Å². The van der Waals surface area contributed by atoms with Crippen LogP contribution in [0.5, 0.6) is 0 Å². The number of nitrogens with two attached hydrogens (primary N) is 1. The number of aryl methyl sites for hydroxylation is 1. The van der Waals surface area contributed by atoms with Crippen LogP contribution in [-0.2, 0) is 11.2 Å². The Morgan fingerprint density at radius 2 is 1.90 bits per heavy atom. The number of likely N-dealkylation sites (tertiary alicyclic amines) is 1. The summed E-state index contributed by atoms with van der Waals surface area (Å²) in [5.41, 5.74) is 7.35. The Hall–Kier alpha value is -1.35. The average Bonchev–Trinajstić information content (AvgIpc) is 2.49. The van der Waals surface area contributed by atoms with E-state index in [4.69, 9.17) is 5.73 Å². The Labute approximate surface area is 122 Å². The first kappa shape index (κ1) is 15.0. The molecule has 0 saturated carbocycles. The molecule has 1 fully saturated rings. The molecule has 0 aliphatic carbocycles. The fourth-order valence-corrected chi connectivity index (χ4v) is 2.75. The summed E-state index contributed by atoms with van der Waals surface area (Å²) in [4.78, 5) is 14.2. The Balaban J connectivity index is 1.71. The van der Waals surface area contributed by atoms with E-state index in [-0.39, 0.29) is 5.41 Å². The lowest BCUT2D eigenvalue weighted by molar-refractivity contribution is -0.133. The van der Waals surface area contributed by atoms with Crippen molar-refractivity contribution in [2.75, 3.05) is 19.6 Å². The standard InChI is InChI=1S/C17H26N2O/c1-17(14-18)10-12-19(13-11-17)16(20)9-5-8-15-6-3-2-4-7-15/h2-4,6-7H,5,8-14,18H2,1H3. The predicted molar refractivity (Wildman–Crippen MR) is 82.4 cm³/mol. The predicted octanol–water partition coefficient (Wildman–Crippen LogP) is 2.60. The molecule has 1 saturated heterocycles. The Kier molecular flexibility index (Phi) is 5.18. The van der Waals surface area contributed by atoms with E-state index in [9.17, 15) is 4.79 Å². The second kappa shape index (κ2) is 6.89. The second-order valence-corrected chi connectivity index (χ2v) is 6.23. The monoisotopic (exact) mass is 274 g/mol. The molecule has 0 atom stereocenters. The number of carbonyl (C=O) groups excluding carboxylic acids is 1. The molecule has 1 heterocycles. The molecule has 0 radical (unpaired) electrons. The summed E-state index contributed by atoms with van der Waals surface area (Å²) in [5, 5.41) is 0. The van der Waals surface area contributed by atoms with Crippen molar-refractivity contribution < 1.29 is 4.79 Å². The molecule has 1 amide bonds. The number of rotatable bonds is 5. The highest BCUT2D eigenvalue weighted by molar-refractivity contribution is 5.76. The van der Waals surface area contributed by atoms with Gasteiger partial charge < -0.3 is 10.6 Å². The molecule has 3 heteroatoms. The number of benzene rings is 1. The first-order valence-electron chi connectivity index (χ1n) is 7.65. The number of amides is 1. The highest BCUT2D eigenvalue weighted by Crippen LogP contribution is 2.29. The largest absolute Gasteiger partial charge is 0.343 e. The van der Waals surface area contributed by atoms with E-state index in [0.29, 0.717) is 12.3 Å². The van der Waals surface area contributed by atoms with Crippen molar-refractivity contribution >= 4 is 5.91 Å².